The average Bonchev–Trinajstić information content (AvgIpc) is 3.29. The molecule has 0 aliphatic rings. The molecule has 0 aliphatic heterocycles. The van der Waals surface area contributed by atoms with Gasteiger partial charge in [-0.2, -0.15) is 10.2 Å². The summed E-state index contributed by atoms with van der Waals surface area (Å²) in [6, 6.07) is 12.6. The number of amides is 1. The van der Waals surface area contributed by atoms with Gasteiger partial charge in [-0.1, -0.05) is 12.1 Å². The number of hydrogen-bond donors (Lipinski definition) is 2. The highest BCUT2D eigenvalue weighted by molar-refractivity contribution is 5.94. The summed E-state index contributed by atoms with van der Waals surface area (Å²) in [6.45, 7) is 2.49. The van der Waals surface area contributed by atoms with Crippen LogP contribution >= 0.6 is 0 Å². The monoisotopic (exact) mass is 424 g/mol. The Labute approximate surface area is 180 Å². The lowest BCUT2D eigenvalue weighted by Crippen LogP contribution is -2.18. The molecule has 1 aromatic heterocycles. The zero-order chi connectivity index (χ0) is 22.2. The number of nitrogens with zero attached hydrogens (tertiary/aromatic N) is 2. The van der Waals surface area contributed by atoms with Crippen LogP contribution in [0.15, 0.2) is 47.6 Å². The lowest BCUT2D eigenvalue weighted by Gasteiger charge is -2.12. The Kier molecular flexibility index (Phi) is 7.10. The van der Waals surface area contributed by atoms with Crippen LogP contribution in [0.2, 0.25) is 0 Å². The Bertz CT molecular complexity index is 1050. The Morgan fingerprint density at radius 1 is 1.10 bits per heavy atom. The zero-order valence-corrected chi connectivity index (χ0v) is 17.8. The van der Waals surface area contributed by atoms with Crippen molar-refractivity contribution >= 4 is 12.1 Å². The molecule has 31 heavy (non-hydrogen) atoms. The Morgan fingerprint density at radius 3 is 2.48 bits per heavy atom. The highest BCUT2D eigenvalue weighted by Crippen LogP contribution is 2.37. The number of hydrazone groups is 1. The molecule has 9 heteroatoms. The quantitative estimate of drug-likeness (QED) is 0.403. The van der Waals surface area contributed by atoms with E-state index in [0.717, 1.165) is 11.3 Å². The highest BCUT2D eigenvalue weighted by atomic mass is 16.5. The number of carbonyl (C=O) groups excluding carboxylic acids is 1. The molecule has 3 aromatic rings. The van der Waals surface area contributed by atoms with Crippen LogP contribution in [0.25, 0.3) is 11.3 Å². The standard InChI is InChI=1S/C22H24N4O5/c1-5-31-16-8-6-7-15(11-16)17-12-18(25-24-17)22(27)26-23-13-14-9-19(28-2)21(30-4)20(10-14)29-3/h6-13H,5H2,1-4H3,(H,24,25)(H,26,27)/b23-13-. The minimum absolute atomic E-state index is 0.277. The summed E-state index contributed by atoms with van der Waals surface area (Å²) in [4.78, 5) is 12.4. The van der Waals surface area contributed by atoms with E-state index in [2.05, 4.69) is 20.7 Å². The lowest BCUT2D eigenvalue weighted by atomic mass is 10.1. The van der Waals surface area contributed by atoms with Gasteiger partial charge in [0.1, 0.15) is 11.4 Å². The molecule has 0 saturated carbocycles. The van der Waals surface area contributed by atoms with Crippen LogP contribution in [-0.2, 0) is 0 Å². The third kappa shape index (κ3) is 5.13. The van der Waals surface area contributed by atoms with Crippen LogP contribution in [0.1, 0.15) is 23.0 Å². The third-order valence-electron chi connectivity index (χ3n) is 4.33. The van der Waals surface area contributed by atoms with Gasteiger partial charge in [0.15, 0.2) is 11.5 Å². The molecular formula is C22H24N4O5. The van der Waals surface area contributed by atoms with Gasteiger partial charge in [0.25, 0.3) is 5.91 Å². The van der Waals surface area contributed by atoms with Crippen molar-refractivity contribution in [1.29, 1.82) is 0 Å². The van der Waals surface area contributed by atoms with E-state index in [0.29, 0.717) is 35.1 Å². The van der Waals surface area contributed by atoms with Crippen molar-refractivity contribution in [3.8, 4) is 34.3 Å². The van der Waals surface area contributed by atoms with E-state index in [4.69, 9.17) is 18.9 Å². The summed E-state index contributed by atoms with van der Waals surface area (Å²) >= 11 is 0. The molecule has 0 aliphatic carbocycles. The van der Waals surface area contributed by atoms with E-state index < -0.39 is 5.91 Å². The first-order valence-corrected chi connectivity index (χ1v) is 9.51. The average molecular weight is 424 g/mol. The molecule has 2 N–H and O–H groups in total. The number of hydrogen-bond acceptors (Lipinski definition) is 7. The van der Waals surface area contributed by atoms with Crippen molar-refractivity contribution in [3.63, 3.8) is 0 Å². The minimum atomic E-state index is -0.427. The van der Waals surface area contributed by atoms with E-state index in [1.807, 2.05) is 31.2 Å². The summed E-state index contributed by atoms with van der Waals surface area (Å²) in [5.74, 6) is 1.76. The lowest BCUT2D eigenvalue weighted by molar-refractivity contribution is 0.0950. The number of ether oxygens (including phenoxy) is 4. The predicted octanol–water partition coefficient (Wildman–Crippen LogP) is 3.27. The number of rotatable bonds is 9. The molecule has 1 heterocycles. The van der Waals surface area contributed by atoms with Crippen LogP contribution in [0.4, 0.5) is 0 Å². The molecule has 0 bridgehead atoms. The largest absolute Gasteiger partial charge is 0.494 e. The second-order valence-electron chi connectivity index (χ2n) is 6.29. The summed E-state index contributed by atoms with van der Waals surface area (Å²) < 4.78 is 21.4. The van der Waals surface area contributed by atoms with Crippen LogP contribution in [0.3, 0.4) is 0 Å². The minimum Gasteiger partial charge on any atom is -0.494 e. The van der Waals surface area contributed by atoms with Gasteiger partial charge in [0.05, 0.1) is 39.8 Å². The molecule has 3 rings (SSSR count). The van der Waals surface area contributed by atoms with E-state index in [-0.39, 0.29) is 5.69 Å². The van der Waals surface area contributed by atoms with Crippen molar-refractivity contribution < 1.29 is 23.7 Å². The topological polar surface area (TPSA) is 107 Å². The number of methoxy groups -OCH3 is 3. The summed E-state index contributed by atoms with van der Waals surface area (Å²) in [5.41, 5.74) is 4.87. The van der Waals surface area contributed by atoms with Crippen molar-refractivity contribution in [3.05, 3.63) is 53.7 Å². The van der Waals surface area contributed by atoms with Crippen molar-refractivity contribution in [2.75, 3.05) is 27.9 Å². The fourth-order valence-electron chi connectivity index (χ4n) is 2.90. The van der Waals surface area contributed by atoms with Crippen LogP contribution in [0, 0.1) is 0 Å². The van der Waals surface area contributed by atoms with Crippen molar-refractivity contribution in [1.82, 2.24) is 15.6 Å². The number of aromatic nitrogens is 2. The van der Waals surface area contributed by atoms with Gasteiger partial charge in [-0.25, -0.2) is 5.43 Å². The first-order chi connectivity index (χ1) is 15.1. The first-order valence-electron chi connectivity index (χ1n) is 9.51. The molecule has 0 saturated heterocycles. The Hall–Kier alpha value is -4.01. The molecule has 9 nitrogen and oxygen atoms in total. The second-order valence-corrected chi connectivity index (χ2v) is 6.29. The van der Waals surface area contributed by atoms with Gasteiger partial charge in [0.2, 0.25) is 5.75 Å². The molecule has 0 spiro atoms. The summed E-state index contributed by atoms with van der Waals surface area (Å²) in [6.07, 6.45) is 1.48. The van der Waals surface area contributed by atoms with E-state index in [1.54, 1.807) is 18.2 Å². The van der Waals surface area contributed by atoms with E-state index in [1.165, 1.54) is 27.5 Å². The second kappa shape index (κ2) is 10.1. The number of H-pyrrole nitrogens is 1. The first kappa shape index (κ1) is 21.7. The maximum Gasteiger partial charge on any atom is 0.289 e. The Morgan fingerprint density at radius 2 is 1.84 bits per heavy atom. The van der Waals surface area contributed by atoms with Crippen LogP contribution in [0.5, 0.6) is 23.0 Å². The van der Waals surface area contributed by atoms with Gasteiger partial charge in [0, 0.05) is 11.1 Å². The fraction of sp³-hybridized carbons (Fsp3) is 0.227. The molecule has 2 aromatic carbocycles. The predicted molar refractivity (Wildman–Crippen MR) is 116 cm³/mol. The molecule has 1 amide bonds. The smallest absolute Gasteiger partial charge is 0.289 e. The number of aromatic amines is 1. The molecule has 162 valence electrons. The Balaban J connectivity index is 1.70. The fourth-order valence-corrected chi connectivity index (χ4v) is 2.90. The van der Waals surface area contributed by atoms with Gasteiger partial charge in [-0.15, -0.1) is 0 Å². The summed E-state index contributed by atoms with van der Waals surface area (Å²) in [5, 5.41) is 10.9. The number of carbonyl (C=O) groups is 1. The highest BCUT2D eigenvalue weighted by Gasteiger charge is 2.13. The van der Waals surface area contributed by atoms with Gasteiger partial charge in [-0.3, -0.25) is 9.89 Å². The SMILES string of the molecule is CCOc1cccc(-c2cc(C(=O)N/N=C\c3cc(OC)c(OC)c(OC)c3)[nH]n2)c1. The molecule has 0 unspecified atom stereocenters. The maximum absolute atomic E-state index is 12.4. The van der Waals surface area contributed by atoms with Gasteiger partial charge < -0.3 is 18.9 Å². The van der Waals surface area contributed by atoms with Crippen LogP contribution in [-0.4, -0.2) is 50.3 Å². The van der Waals surface area contributed by atoms with Gasteiger partial charge >= 0.3 is 0 Å². The molecule has 0 atom stereocenters. The van der Waals surface area contributed by atoms with Gasteiger partial charge in [-0.05, 0) is 37.3 Å². The maximum atomic E-state index is 12.4. The normalized spacial score (nSPS) is 10.7. The molecule has 0 radical (unpaired) electrons. The summed E-state index contributed by atoms with van der Waals surface area (Å²) in [7, 11) is 4.58. The van der Waals surface area contributed by atoms with E-state index >= 15 is 0 Å². The number of nitrogens with one attached hydrogen (secondary N) is 2. The van der Waals surface area contributed by atoms with E-state index in [9.17, 15) is 4.79 Å². The third-order valence-corrected chi connectivity index (χ3v) is 4.33. The van der Waals surface area contributed by atoms with Crippen molar-refractivity contribution in [2.24, 2.45) is 5.10 Å². The zero-order valence-electron chi connectivity index (χ0n) is 17.8. The van der Waals surface area contributed by atoms with Crippen LogP contribution < -0.4 is 24.4 Å². The molecular weight excluding hydrogens is 400 g/mol. The van der Waals surface area contributed by atoms with Crippen molar-refractivity contribution in [2.45, 2.75) is 6.92 Å². The molecule has 0 fully saturated rings. The number of benzene rings is 2.